The van der Waals surface area contributed by atoms with Gasteiger partial charge in [0.15, 0.2) is 5.82 Å². The highest BCUT2D eigenvalue weighted by Gasteiger charge is 2.21. The van der Waals surface area contributed by atoms with Crippen LogP contribution in [0.15, 0.2) is 40.9 Å². The first-order chi connectivity index (χ1) is 15.1. The number of carbonyl (C=O) groups excluding carboxylic acids is 1. The van der Waals surface area contributed by atoms with Crippen LogP contribution in [0.3, 0.4) is 0 Å². The summed E-state index contributed by atoms with van der Waals surface area (Å²) in [4.78, 5) is 25.0. The van der Waals surface area contributed by atoms with Crippen molar-refractivity contribution in [3.05, 3.63) is 65.3 Å². The molecule has 4 rings (SSSR count). The first kappa shape index (κ1) is 21.6. The van der Waals surface area contributed by atoms with Crippen molar-refractivity contribution in [1.29, 1.82) is 0 Å². The summed E-state index contributed by atoms with van der Waals surface area (Å²) >= 11 is 0. The summed E-state index contributed by atoms with van der Waals surface area (Å²) in [6.07, 6.45) is 0.305. The van der Waals surface area contributed by atoms with E-state index < -0.39 is 11.6 Å². The summed E-state index contributed by atoms with van der Waals surface area (Å²) in [5.41, 5.74) is 2.09. The van der Waals surface area contributed by atoms with E-state index in [2.05, 4.69) is 25.4 Å². The van der Waals surface area contributed by atoms with Crippen LogP contribution in [0.4, 0.5) is 4.39 Å². The molecule has 0 spiro atoms. The standard InChI is InChI=1S/C23H24FN5O3/c1-12(22-26-13(2)29-32-22)25-21(30)15-9-17(14-5-7-16(24)8-6-14)20-18(10-15)27-19(28-20)11-23(3,4)31/h5-10,12,31H,11H2,1-4H3,(H,25,30)(H,27,28)/t12-/m1/s1. The summed E-state index contributed by atoms with van der Waals surface area (Å²) in [5, 5.41) is 16.8. The maximum Gasteiger partial charge on any atom is 0.252 e. The topological polar surface area (TPSA) is 117 Å². The second-order valence-corrected chi connectivity index (χ2v) is 8.47. The molecule has 2 aromatic carbocycles. The van der Waals surface area contributed by atoms with E-state index in [4.69, 9.17) is 4.52 Å². The Bertz CT molecular complexity index is 1270. The van der Waals surface area contributed by atoms with E-state index in [9.17, 15) is 14.3 Å². The second-order valence-electron chi connectivity index (χ2n) is 8.47. The lowest BCUT2D eigenvalue weighted by Crippen LogP contribution is -2.27. The van der Waals surface area contributed by atoms with Crippen LogP contribution in [0.1, 0.15) is 54.7 Å². The van der Waals surface area contributed by atoms with Crippen LogP contribution in [-0.4, -0.2) is 36.7 Å². The molecule has 0 saturated carbocycles. The van der Waals surface area contributed by atoms with Crippen LogP contribution >= 0.6 is 0 Å². The Balaban J connectivity index is 1.75. The van der Waals surface area contributed by atoms with Gasteiger partial charge in [-0.1, -0.05) is 17.3 Å². The van der Waals surface area contributed by atoms with Crippen LogP contribution in [0.5, 0.6) is 0 Å². The van der Waals surface area contributed by atoms with E-state index in [0.29, 0.717) is 51.7 Å². The molecule has 2 aromatic heterocycles. The van der Waals surface area contributed by atoms with Gasteiger partial charge in [-0.2, -0.15) is 4.98 Å². The summed E-state index contributed by atoms with van der Waals surface area (Å²) < 4.78 is 18.6. The van der Waals surface area contributed by atoms with Gasteiger partial charge in [0.05, 0.1) is 16.6 Å². The zero-order valence-electron chi connectivity index (χ0n) is 18.2. The minimum Gasteiger partial charge on any atom is -0.390 e. The molecule has 9 heteroatoms. The van der Waals surface area contributed by atoms with E-state index in [1.807, 2.05) is 0 Å². The van der Waals surface area contributed by atoms with Crippen molar-refractivity contribution < 1.29 is 18.8 Å². The lowest BCUT2D eigenvalue weighted by atomic mass is 10.0. The lowest BCUT2D eigenvalue weighted by Gasteiger charge is -2.14. The number of rotatable bonds is 6. The fraction of sp³-hybridized carbons (Fsp3) is 0.304. The molecular formula is C23H24FN5O3. The molecule has 166 valence electrons. The Morgan fingerprint density at radius 2 is 1.97 bits per heavy atom. The smallest absolute Gasteiger partial charge is 0.252 e. The molecule has 0 unspecified atom stereocenters. The number of amides is 1. The van der Waals surface area contributed by atoms with Crippen molar-refractivity contribution in [2.24, 2.45) is 0 Å². The molecule has 0 aliphatic heterocycles. The Morgan fingerprint density at radius 1 is 1.25 bits per heavy atom. The van der Waals surface area contributed by atoms with Crippen molar-refractivity contribution >= 4 is 16.9 Å². The van der Waals surface area contributed by atoms with Crippen LogP contribution in [0.25, 0.3) is 22.2 Å². The molecule has 1 atom stereocenters. The molecule has 0 bridgehead atoms. The molecule has 0 aliphatic rings. The number of nitrogens with zero attached hydrogens (tertiary/aromatic N) is 3. The van der Waals surface area contributed by atoms with Gasteiger partial charge >= 0.3 is 0 Å². The third-order valence-electron chi connectivity index (χ3n) is 4.91. The molecular weight excluding hydrogens is 413 g/mol. The monoisotopic (exact) mass is 437 g/mol. The summed E-state index contributed by atoms with van der Waals surface area (Å²) in [6.45, 7) is 6.84. The first-order valence-corrected chi connectivity index (χ1v) is 10.2. The highest BCUT2D eigenvalue weighted by molar-refractivity contribution is 6.02. The van der Waals surface area contributed by atoms with Crippen LogP contribution in [0.2, 0.25) is 0 Å². The van der Waals surface area contributed by atoms with Crippen molar-refractivity contribution in [3.8, 4) is 11.1 Å². The molecule has 0 radical (unpaired) electrons. The van der Waals surface area contributed by atoms with Gasteiger partial charge in [0, 0.05) is 17.5 Å². The minimum absolute atomic E-state index is 0.305. The number of halogens is 1. The highest BCUT2D eigenvalue weighted by Crippen LogP contribution is 2.30. The van der Waals surface area contributed by atoms with E-state index in [1.165, 1.54) is 12.1 Å². The van der Waals surface area contributed by atoms with Crippen LogP contribution < -0.4 is 5.32 Å². The van der Waals surface area contributed by atoms with E-state index in [-0.39, 0.29) is 11.7 Å². The zero-order chi connectivity index (χ0) is 23.0. The number of carbonyl (C=O) groups is 1. The number of H-pyrrole nitrogens is 1. The molecule has 1 amide bonds. The Morgan fingerprint density at radius 3 is 2.59 bits per heavy atom. The fourth-order valence-corrected chi connectivity index (χ4v) is 3.47. The third kappa shape index (κ3) is 4.67. The Kier molecular flexibility index (Phi) is 5.52. The largest absolute Gasteiger partial charge is 0.390 e. The van der Waals surface area contributed by atoms with E-state index >= 15 is 0 Å². The summed E-state index contributed by atoms with van der Waals surface area (Å²) in [7, 11) is 0. The van der Waals surface area contributed by atoms with Gasteiger partial charge in [0.25, 0.3) is 5.91 Å². The van der Waals surface area contributed by atoms with Crippen molar-refractivity contribution in [1.82, 2.24) is 25.4 Å². The number of aromatic nitrogens is 4. The Labute approximate surface area is 183 Å². The van der Waals surface area contributed by atoms with Crippen LogP contribution in [0, 0.1) is 12.7 Å². The predicted molar refractivity (Wildman–Crippen MR) is 116 cm³/mol. The highest BCUT2D eigenvalue weighted by atomic mass is 19.1. The number of hydrogen-bond donors (Lipinski definition) is 3. The molecule has 3 N–H and O–H groups in total. The van der Waals surface area contributed by atoms with Gasteiger partial charge < -0.3 is 19.9 Å². The average molecular weight is 437 g/mol. The molecule has 32 heavy (non-hydrogen) atoms. The first-order valence-electron chi connectivity index (χ1n) is 10.2. The number of hydrogen-bond acceptors (Lipinski definition) is 6. The maximum absolute atomic E-state index is 13.5. The van der Waals surface area contributed by atoms with Crippen LogP contribution in [-0.2, 0) is 6.42 Å². The number of fused-ring (bicyclic) bond motifs is 1. The second kappa shape index (κ2) is 8.16. The summed E-state index contributed by atoms with van der Waals surface area (Å²) in [6, 6.07) is 8.92. The normalized spacial score (nSPS) is 12.8. The molecule has 0 saturated heterocycles. The molecule has 0 aliphatic carbocycles. The number of aliphatic hydroxyl groups is 1. The summed E-state index contributed by atoms with van der Waals surface area (Å²) in [5.74, 6) is 0.690. The van der Waals surface area contributed by atoms with Gasteiger partial charge in [0.2, 0.25) is 5.89 Å². The average Bonchev–Trinajstić information content (AvgIpc) is 3.32. The van der Waals surface area contributed by atoms with E-state index in [0.717, 1.165) is 0 Å². The van der Waals surface area contributed by atoms with Gasteiger partial charge in [-0.25, -0.2) is 9.37 Å². The quantitative estimate of drug-likeness (QED) is 0.422. The Hall–Kier alpha value is -3.59. The van der Waals surface area contributed by atoms with Gasteiger partial charge in [-0.3, -0.25) is 4.79 Å². The SMILES string of the molecule is Cc1noc([C@@H](C)NC(=O)c2cc(-c3ccc(F)cc3)c3nc(CC(C)(C)O)[nH]c3c2)n1. The number of aromatic amines is 1. The zero-order valence-corrected chi connectivity index (χ0v) is 18.2. The molecule has 2 heterocycles. The van der Waals surface area contributed by atoms with Gasteiger partial charge in [0.1, 0.15) is 17.7 Å². The van der Waals surface area contributed by atoms with Crippen molar-refractivity contribution in [3.63, 3.8) is 0 Å². The molecule has 8 nitrogen and oxygen atoms in total. The van der Waals surface area contributed by atoms with Crippen molar-refractivity contribution in [2.75, 3.05) is 0 Å². The number of imidazole rings is 1. The third-order valence-corrected chi connectivity index (χ3v) is 4.91. The van der Waals surface area contributed by atoms with Gasteiger partial charge in [-0.05, 0) is 57.5 Å². The fourth-order valence-electron chi connectivity index (χ4n) is 3.47. The number of nitrogens with one attached hydrogen (secondary N) is 2. The van der Waals surface area contributed by atoms with E-state index in [1.54, 1.807) is 52.0 Å². The molecule has 0 fully saturated rings. The predicted octanol–water partition coefficient (Wildman–Crippen LogP) is 3.86. The number of aryl methyl sites for hydroxylation is 1. The number of benzene rings is 2. The molecule has 4 aromatic rings. The lowest BCUT2D eigenvalue weighted by molar-refractivity contribution is 0.0790. The minimum atomic E-state index is -0.957. The van der Waals surface area contributed by atoms with Crippen molar-refractivity contribution in [2.45, 2.75) is 45.8 Å². The maximum atomic E-state index is 13.5. The van der Waals surface area contributed by atoms with Gasteiger partial charge in [-0.15, -0.1) is 0 Å².